The van der Waals surface area contributed by atoms with Gasteiger partial charge in [0.05, 0.1) is 6.54 Å². The minimum Gasteiger partial charge on any atom is -0.383 e. The summed E-state index contributed by atoms with van der Waals surface area (Å²) in [5.74, 6) is 0.443. The standard InChI is InChI=1S/C13H21N3OS/c1-13(17,11-7-4-8-18-11)9-15-12(14)16-10-5-2-3-6-10/h4,7-8,10,17H,2-3,5-6,9H2,1H3,(H3,14,15,16). The summed E-state index contributed by atoms with van der Waals surface area (Å²) in [6, 6.07) is 4.31. The van der Waals surface area contributed by atoms with Crippen LogP contribution in [0.25, 0.3) is 0 Å². The SMILES string of the molecule is CC(O)(CN=C(N)NC1CCCC1)c1cccs1. The number of aliphatic hydroxyl groups is 1. The topological polar surface area (TPSA) is 70.6 Å². The highest BCUT2D eigenvalue weighted by Gasteiger charge is 2.24. The van der Waals surface area contributed by atoms with Gasteiger partial charge in [0.1, 0.15) is 5.60 Å². The van der Waals surface area contributed by atoms with Crippen LogP contribution in [0.1, 0.15) is 37.5 Å². The first-order valence-corrected chi connectivity index (χ1v) is 7.29. The van der Waals surface area contributed by atoms with Gasteiger partial charge in [-0.25, -0.2) is 0 Å². The molecule has 0 spiro atoms. The minimum atomic E-state index is -0.934. The van der Waals surface area contributed by atoms with Crippen molar-refractivity contribution in [1.29, 1.82) is 0 Å². The molecule has 1 saturated carbocycles. The van der Waals surface area contributed by atoms with Gasteiger partial charge in [0.2, 0.25) is 0 Å². The fourth-order valence-corrected chi connectivity index (χ4v) is 3.01. The third-order valence-electron chi connectivity index (χ3n) is 3.32. The Hall–Kier alpha value is -1.07. The molecule has 0 bridgehead atoms. The molecule has 2 rings (SSSR count). The Morgan fingerprint density at radius 1 is 1.61 bits per heavy atom. The van der Waals surface area contributed by atoms with Crippen LogP contribution in [0, 0.1) is 0 Å². The lowest BCUT2D eigenvalue weighted by Crippen LogP contribution is -2.39. The molecule has 4 nitrogen and oxygen atoms in total. The summed E-state index contributed by atoms with van der Waals surface area (Å²) in [4.78, 5) is 5.17. The Morgan fingerprint density at radius 3 is 2.94 bits per heavy atom. The molecular weight excluding hydrogens is 246 g/mol. The third-order valence-corrected chi connectivity index (χ3v) is 4.44. The molecular formula is C13H21N3OS. The zero-order valence-corrected chi connectivity index (χ0v) is 11.5. The fourth-order valence-electron chi connectivity index (χ4n) is 2.23. The molecule has 18 heavy (non-hydrogen) atoms. The number of hydrogen-bond acceptors (Lipinski definition) is 3. The zero-order chi connectivity index (χ0) is 13.0. The van der Waals surface area contributed by atoms with Crippen molar-refractivity contribution in [3.05, 3.63) is 22.4 Å². The van der Waals surface area contributed by atoms with Crippen LogP contribution in [0.5, 0.6) is 0 Å². The molecule has 1 atom stereocenters. The predicted molar refractivity (Wildman–Crippen MR) is 75.8 cm³/mol. The van der Waals surface area contributed by atoms with Gasteiger partial charge in [-0.1, -0.05) is 18.9 Å². The predicted octanol–water partition coefficient (Wildman–Crippen LogP) is 1.80. The van der Waals surface area contributed by atoms with Crippen LogP contribution >= 0.6 is 11.3 Å². The summed E-state index contributed by atoms with van der Waals surface area (Å²) in [7, 11) is 0. The van der Waals surface area contributed by atoms with Crippen LogP contribution in [-0.2, 0) is 5.60 Å². The Kier molecular flexibility index (Phi) is 4.24. The highest BCUT2D eigenvalue weighted by molar-refractivity contribution is 7.10. The van der Waals surface area contributed by atoms with E-state index in [1.54, 1.807) is 6.92 Å². The second-order valence-electron chi connectivity index (χ2n) is 5.08. The van der Waals surface area contributed by atoms with E-state index >= 15 is 0 Å². The van der Waals surface area contributed by atoms with Crippen LogP contribution in [0.3, 0.4) is 0 Å². The summed E-state index contributed by atoms with van der Waals surface area (Å²) in [5.41, 5.74) is 4.91. The molecule has 1 aromatic rings. The summed E-state index contributed by atoms with van der Waals surface area (Å²) in [5, 5.41) is 15.5. The van der Waals surface area contributed by atoms with Crippen LogP contribution < -0.4 is 11.1 Å². The van der Waals surface area contributed by atoms with Gasteiger partial charge in [-0.3, -0.25) is 4.99 Å². The zero-order valence-electron chi connectivity index (χ0n) is 10.7. The molecule has 1 fully saturated rings. The number of nitrogens with one attached hydrogen (secondary N) is 1. The number of aliphatic imine (C=N–C) groups is 1. The van der Waals surface area contributed by atoms with Gasteiger partial charge in [0.15, 0.2) is 5.96 Å². The van der Waals surface area contributed by atoms with Crippen molar-refractivity contribution in [3.63, 3.8) is 0 Å². The van der Waals surface area contributed by atoms with Crippen molar-refractivity contribution in [2.75, 3.05) is 6.54 Å². The quantitative estimate of drug-likeness (QED) is 0.575. The highest BCUT2D eigenvalue weighted by Crippen LogP contribution is 2.25. The first kappa shape index (κ1) is 13.4. The maximum Gasteiger partial charge on any atom is 0.188 e. The number of nitrogens with zero attached hydrogens (tertiary/aromatic N) is 1. The maximum atomic E-state index is 10.3. The Labute approximate surface area is 112 Å². The Bertz CT molecular complexity index is 394. The molecule has 100 valence electrons. The highest BCUT2D eigenvalue weighted by atomic mass is 32.1. The average Bonchev–Trinajstić information content (AvgIpc) is 2.99. The van der Waals surface area contributed by atoms with E-state index in [-0.39, 0.29) is 0 Å². The van der Waals surface area contributed by atoms with Gasteiger partial charge in [-0.2, -0.15) is 0 Å². The van der Waals surface area contributed by atoms with E-state index in [1.165, 1.54) is 24.2 Å². The van der Waals surface area contributed by atoms with Gasteiger partial charge in [-0.05, 0) is 31.2 Å². The Morgan fingerprint density at radius 2 is 2.33 bits per heavy atom. The van der Waals surface area contributed by atoms with E-state index in [2.05, 4.69) is 10.3 Å². The van der Waals surface area contributed by atoms with Gasteiger partial charge in [0, 0.05) is 10.9 Å². The molecule has 4 N–H and O–H groups in total. The van der Waals surface area contributed by atoms with Crippen molar-refractivity contribution in [2.45, 2.75) is 44.2 Å². The fraction of sp³-hybridized carbons (Fsp3) is 0.615. The van der Waals surface area contributed by atoms with Crippen LogP contribution in [-0.4, -0.2) is 23.7 Å². The van der Waals surface area contributed by atoms with E-state index in [1.807, 2.05) is 17.5 Å². The molecule has 1 aromatic heterocycles. The molecule has 1 unspecified atom stereocenters. The molecule has 5 heteroatoms. The van der Waals surface area contributed by atoms with Crippen molar-refractivity contribution in [3.8, 4) is 0 Å². The molecule has 1 aliphatic rings. The van der Waals surface area contributed by atoms with Crippen molar-refractivity contribution >= 4 is 17.3 Å². The van der Waals surface area contributed by atoms with E-state index < -0.39 is 5.60 Å². The molecule has 1 heterocycles. The third kappa shape index (κ3) is 3.46. The van der Waals surface area contributed by atoms with Crippen molar-refractivity contribution in [1.82, 2.24) is 5.32 Å². The van der Waals surface area contributed by atoms with E-state index in [4.69, 9.17) is 5.73 Å². The number of thiophene rings is 1. The van der Waals surface area contributed by atoms with Crippen LogP contribution in [0.4, 0.5) is 0 Å². The normalized spacial score (nSPS) is 20.9. The number of rotatable bonds is 4. The second kappa shape index (κ2) is 5.71. The molecule has 0 radical (unpaired) electrons. The Balaban J connectivity index is 1.88. The number of guanidine groups is 1. The minimum absolute atomic E-state index is 0.291. The van der Waals surface area contributed by atoms with Gasteiger partial charge < -0.3 is 16.2 Å². The van der Waals surface area contributed by atoms with Crippen LogP contribution in [0.15, 0.2) is 22.5 Å². The lowest BCUT2D eigenvalue weighted by Gasteiger charge is -2.20. The first-order valence-electron chi connectivity index (χ1n) is 6.41. The number of nitrogens with two attached hydrogens (primary N) is 1. The second-order valence-corrected chi connectivity index (χ2v) is 6.03. The average molecular weight is 267 g/mol. The van der Waals surface area contributed by atoms with E-state index in [0.717, 1.165) is 17.7 Å². The molecule has 0 saturated heterocycles. The number of hydrogen-bond donors (Lipinski definition) is 3. The molecule has 0 aromatic carbocycles. The summed E-state index contributed by atoms with van der Waals surface area (Å²) >= 11 is 1.53. The smallest absolute Gasteiger partial charge is 0.188 e. The van der Waals surface area contributed by atoms with Gasteiger partial charge >= 0.3 is 0 Å². The van der Waals surface area contributed by atoms with Crippen molar-refractivity contribution in [2.24, 2.45) is 10.7 Å². The molecule has 0 amide bonds. The van der Waals surface area contributed by atoms with E-state index in [0.29, 0.717) is 18.5 Å². The summed E-state index contributed by atoms with van der Waals surface area (Å²) in [6.45, 7) is 2.06. The largest absolute Gasteiger partial charge is 0.383 e. The van der Waals surface area contributed by atoms with E-state index in [9.17, 15) is 5.11 Å². The van der Waals surface area contributed by atoms with Crippen molar-refractivity contribution < 1.29 is 5.11 Å². The lowest BCUT2D eigenvalue weighted by atomic mass is 10.1. The lowest BCUT2D eigenvalue weighted by molar-refractivity contribution is 0.0712. The van der Waals surface area contributed by atoms with Gasteiger partial charge in [-0.15, -0.1) is 11.3 Å². The van der Waals surface area contributed by atoms with Gasteiger partial charge in [0.25, 0.3) is 0 Å². The molecule has 1 aliphatic carbocycles. The summed E-state index contributed by atoms with van der Waals surface area (Å²) in [6.07, 6.45) is 4.85. The monoisotopic (exact) mass is 267 g/mol. The van der Waals surface area contributed by atoms with Crippen LogP contribution in [0.2, 0.25) is 0 Å². The summed E-state index contributed by atoms with van der Waals surface area (Å²) < 4.78 is 0. The maximum absolute atomic E-state index is 10.3. The first-order chi connectivity index (χ1) is 8.58. The molecule has 0 aliphatic heterocycles.